The van der Waals surface area contributed by atoms with Crippen molar-refractivity contribution < 1.29 is 14.3 Å². The van der Waals surface area contributed by atoms with Crippen LogP contribution >= 0.6 is 11.6 Å². The fourth-order valence-corrected chi connectivity index (χ4v) is 2.78. The summed E-state index contributed by atoms with van der Waals surface area (Å²) in [5.74, 6) is 0.826. The second-order valence-corrected chi connectivity index (χ2v) is 6.66. The van der Waals surface area contributed by atoms with E-state index in [0.717, 1.165) is 5.56 Å². The third-order valence-corrected chi connectivity index (χ3v) is 4.26. The number of halogens is 1. The van der Waals surface area contributed by atoms with E-state index >= 15 is 0 Å². The van der Waals surface area contributed by atoms with Gasteiger partial charge in [-0.1, -0.05) is 11.6 Å². The zero-order valence-electron chi connectivity index (χ0n) is 15.7. The second-order valence-electron chi connectivity index (χ2n) is 6.26. The van der Waals surface area contributed by atoms with Crippen LogP contribution in [-0.2, 0) is 18.4 Å². The van der Waals surface area contributed by atoms with Crippen LogP contribution in [0.15, 0.2) is 24.5 Å². The van der Waals surface area contributed by atoms with Crippen LogP contribution in [0, 0.1) is 0 Å². The van der Waals surface area contributed by atoms with Gasteiger partial charge in [-0.15, -0.1) is 0 Å². The van der Waals surface area contributed by atoms with Gasteiger partial charge in [-0.3, -0.25) is 14.4 Å². The van der Waals surface area contributed by atoms with Gasteiger partial charge in [0.15, 0.2) is 0 Å². The average molecular weight is 381 g/mol. The van der Waals surface area contributed by atoms with Gasteiger partial charge < -0.3 is 14.8 Å². The fraction of sp³-hybridized carbons (Fsp3) is 0.444. The quantitative estimate of drug-likeness (QED) is 0.762. The van der Waals surface area contributed by atoms with Crippen molar-refractivity contribution >= 4 is 23.2 Å². The molecule has 1 heterocycles. The topological polar surface area (TPSA) is 68.6 Å². The van der Waals surface area contributed by atoms with Gasteiger partial charge in [-0.05, 0) is 19.9 Å². The summed E-state index contributed by atoms with van der Waals surface area (Å²) < 4.78 is 12.2. The molecule has 0 bridgehead atoms. The van der Waals surface area contributed by atoms with E-state index in [0.29, 0.717) is 28.8 Å². The molecule has 0 fully saturated rings. The van der Waals surface area contributed by atoms with E-state index in [1.165, 1.54) is 14.2 Å². The number of rotatable bonds is 8. The molecule has 142 valence electrons. The Morgan fingerprint density at radius 3 is 2.54 bits per heavy atom. The number of carbonyl (C=O) groups is 1. The predicted octanol–water partition coefficient (Wildman–Crippen LogP) is 2.94. The number of amides is 1. The highest BCUT2D eigenvalue weighted by molar-refractivity contribution is 6.32. The first-order valence-corrected chi connectivity index (χ1v) is 8.64. The third kappa shape index (κ3) is 5.12. The van der Waals surface area contributed by atoms with Crippen LogP contribution < -0.4 is 14.8 Å². The van der Waals surface area contributed by atoms with Crippen molar-refractivity contribution in [1.82, 2.24) is 14.7 Å². The molecule has 1 N–H and O–H groups in total. The van der Waals surface area contributed by atoms with Gasteiger partial charge in [-0.25, -0.2) is 0 Å². The van der Waals surface area contributed by atoms with E-state index in [9.17, 15) is 4.79 Å². The summed E-state index contributed by atoms with van der Waals surface area (Å²) in [5, 5.41) is 7.44. The SMILES string of the molecule is COc1cc(OC)c(NC(=O)CN(Cc2cnn(C)c2)C(C)C)cc1Cl. The Morgan fingerprint density at radius 1 is 1.31 bits per heavy atom. The van der Waals surface area contributed by atoms with Crippen molar-refractivity contribution in [1.29, 1.82) is 0 Å². The number of carbonyl (C=O) groups excluding carboxylic acids is 1. The Hall–Kier alpha value is -2.25. The third-order valence-electron chi connectivity index (χ3n) is 3.97. The first kappa shape index (κ1) is 20.1. The molecule has 0 saturated carbocycles. The summed E-state index contributed by atoms with van der Waals surface area (Å²) in [6.07, 6.45) is 3.75. The van der Waals surface area contributed by atoms with Crippen molar-refractivity contribution in [2.75, 3.05) is 26.1 Å². The van der Waals surface area contributed by atoms with Gasteiger partial charge in [0.05, 0.1) is 37.7 Å². The van der Waals surface area contributed by atoms with E-state index < -0.39 is 0 Å². The van der Waals surface area contributed by atoms with E-state index in [2.05, 4.69) is 29.2 Å². The Morgan fingerprint density at radius 2 is 2.00 bits per heavy atom. The lowest BCUT2D eigenvalue weighted by molar-refractivity contribution is -0.117. The maximum atomic E-state index is 12.6. The number of aryl methyl sites for hydroxylation is 1. The summed E-state index contributed by atoms with van der Waals surface area (Å²) in [7, 11) is 4.93. The number of nitrogens with zero attached hydrogens (tertiary/aromatic N) is 3. The molecule has 1 aromatic carbocycles. The molecular weight excluding hydrogens is 356 g/mol. The molecule has 0 unspecified atom stereocenters. The largest absolute Gasteiger partial charge is 0.495 e. The number of hydrogen-bond donors (Lipinski definition) is 1. The first-order chi connectivity index (χ1) is 12.3. The smallest absolute Gasteiger partial charge is 0.238 e. The number of methoxy groups -OCH3 is 2. The van der Waals surface area contributed by atoms with Crippen molar-refractivity contribution in [2.24, 2.45) is 7.05 Å². The van der Waals surface area contributed by atoms with Gasteiger partial charge in [0.25, 0.3) is 0 Å². The molecule has 0 aliphatic rings. The first-order valence-electron chi connectivity index (χ1n) is 8.27. The molecule has 0 saturated heterocycles. The minimum Gasteiger partial charge on any atom is -0.495 e. The molecular formula is C18H25ClN4O3. The molecule has 8 heteroatoms. The molecule has 2 rings (SSSR count). The number of hydrogen-bond acceptors (Lipinski definition) is 5. The molecule has 0 aliphatic heterocycles. The summed E-state index contributed by atoms with van der Waals surface area (Å²) in [6, 6.07) is 3.47. The zero-order valence-corrected chi connectivity index (χ0v) is 16.5. The molecule has 1 aromatic heterocycles. The molecule has 0 aliphatic carbocycles. The highest BCUT2D eigenvalue weighted by atomic mass is 35.5. The van der Waals surface area contributed by atoms with Crippen molar-refractivity contribution in [3.63, 3.8) is 0 Å². The summed E-state index contributed by atoms with van der Waals surface area (Å²) in [5.41, 5.74) is 1.56. The number of aromatic nitrogens is 2. The van der Waals surface area contributed by atoms with Crippen molar-refractivity contribution in [3.8, 4) is 11.5 Å². The Balaban J connectivity index is 2.09. The summed E-state index contributed by atoms with van der Waals surface area (Å²) in [6.45, 7) is 4.97. The minimum absolute atomic E-state index is 0.151. The highest BCUT2D eigenvalue weighted by Gasteiger charge is 2.18. The Bertz CT molecular complexity index is 761. The second kappa shape index (κ2) is 8.91. The molecule has 0 spiro atoms. The summed E-state index contributed by atoms with van der Waals surface area (Å²) >= 11 is 6.16. The van der Waals surface area contributed by atoms with E-state index in [4.69, 9.17) is 21.1 Å². The molecule has 26 heavy (non-hydrogen) atoms. The number of ether oxygens (including phenoxy) is 2. The lowest BCUT2D eigenvalue weighted by Gasteiger charge is -2.25. The predicted molar refractivity (Wildman–Crippen MR) is 102 cm³/mol. The Labute approximate surface area is 158 Å². The minimum atomic E-state index is -0.151. The molecule has 1 amide bonds. The van der Waals surface area contributed by atoms with Crippen LogP contribution in [0.3, 0.4) is 0 Å². The molecule has 7 nitrogen and oxygen atoms in total. The van der Waals surface area contributed by atoms with Gasteiger partial charge in [0.2, 0.25) is 5.91 Å². The van der Waals surface area contributed by atoms with Crippen LogP contribution in [-0.4, -0.2) is 47.4 Å². The zero-order chi connectivity index (χ0) is 19.3. The van der Waals surface area contributed by atoms with Gasteiger partial charge >= 0.3 is 0 Å². The van der Waals surface area contributed by atoms with E-state index in [1.807, 2.05) is 13.2 Å². The number of nitrogens with one attached hydrogen (secondary N) is 1. The average Bonchev–Trinajstić information content (AvgIpc) is 2.99. The molecule has 0 atom stereocenters. The van der Waals surface area contributed by atoms with Crippen molar-refractivity contribution in [3.05, 3.63) is 35.1 Å². The van der Waals surface area contributed by atoms with Crippen LogP contribution in [0.1, 0.15) is 19.4 Å². The summed E-state index contributed by atoms with van der Waals surface area (Å²) in [4.78, 5) is 14.6. The molecule has 2 aromatic rings. The standard InChI is InChI=1S/C18H25ClN4O3/c1-12(2)23(10-13-8-20-22(3)9-13)11-18(24)21-15-6-14(19)16(25-4)7-17(15)26-5/h6-9,12H,10-11H2,1-5H3,(H,21,24). The van der Waals surface area contributed by atoms with Gasteiger partial charge in [-0.2, -0.15) is 5.10 Å². The van der Waals surface area contributed by atoms with Crippen molar-refractivity contribution in [2.45, 2.75) is 26.4 Å². The van der Waals surface area contributed by atoms with Gasteiger partial charge in [0, 0.05) is 37.5 Å². The molecule has 0 radical (unpaired) electrons. The van der Waals surface area contributed by atoms with E-state index in [-0.39, 0.29) is 18.5 Å². The normalized spacial score (nSPS) is 11.1. The van der Waals surface area contributed by atoms with Crippen LogP contribution in [0.2, 0.25) is 5.02 Å². The van der Waals surface area contributed by atoms with Crippen LogP contribution in [0.25, 0.3) is 0 Å². The maximum absolute atomic E-state index is 12.6. The monoisotopic (exact) mass is 380 g/mol. The lowest BCUT2D eigenvalue weighted by Crippen LogP contribution is -2.37. The Kier molecular flexibility index (Phi) is 6.88. The lowest BCUT2D eigenvalue weighted by atomic mass is 10.2. The number of anilines is 1. The highest BCUT2D eigenvalue weighted by Crippen LogP contribution is 2.35. The van der Waals surface area contributed by atoms with Crippen LogP contribution in [0.5, 0.6) is 11.5 Å². The maximum Gasteiger partial charge on any atom is 0.238 e. The fourth-order valence-electron chi connectivity index (χ4n) is 2.54. The van der Waals surface area contributed by atoms with E-state index in [1.54, 1.807) is 23.0 Å². The number of benzene rings is 1. The van der Waals surface area contributed by atoms with Gasteiger partial charge in [0.1, 0.15) is 11.5 Å². The van der Waals surface area contributed by atoms with Crippen LogP contribution in [0.4, 0.5) is 5.69 Å².